The van der Waals surface area contributed by atoms with Crippen molar-refractivity contribution in [1.29, 1.82) is 0 Å². The zero-order valence-electron chi connectivity index (χ0n) is 17.8. The summed E-state index contributed by atoms with van der Waals surface area (Å²) in [5, 5.41) is 3.09. The van der Waals surface area contributed by atoms with Crippen LogP contribution in [0.1, 0.15) is 15.4 Å². The first kappa shape index (κ1) is 19.5. The van der Waals surface area contributed by atoms with E-state index in [1.807, 2.05) is 107 Å². The van der Waals surface area contributed by atoms with Gasteiger partial charge in [-0.15, -0.1) is 0 Å². The number of thiazole rings is 1. The summed E-state index contributed by atoms with van der Waals surface area (Å²) < 4.78 is 3.95. The van der Waals surface area contributed by atoms with Crippen LogP contribution in [0.4, 0.5) is 5.69 Å². The fraction of sp³-hybridized carbons (Fsp3) is 0.0385. The third kappa shape index (κ3) is 3.39. The van der Waals surface area contributed by atoms with E-state index in [4.69, 9.17) is 9.97 Å². The molecule has 1 N–H and O–H groups in total. The molecule has 0 aliphatic heterocycles. The number of anilines is 1. The van der Waals surface area contributed by atoms with Gasteiger partial charge in [-0.1, -0.05) is 65.9 Å². The summed E-state index contributed by atoms with van der Waals surface area (Å²) in [4.78, 5) is 24.1. The van der Waals surface area contributed by atoms with Gasteiger partial charge in [0.2, 0.25) is 0 Å². The van der Waals surface area contributed by atoms with Crippen molar-refractivity contribution in [2.75, 3.05) is 5.32 Å². The Balaban J connectivity index is 1.33. The number of carbonyl (C=O) groups excluding carboxylic acids is 1. The van der Waals surface area contributed by atoms with Crippen LogP contribution in [0.2, 0.25) is 0 Å². The first-order valence-electron chi connectivity index (χ1n) is 10.6. The lowest BCUT2D eigenvalue weighted by Gasteiger charge is -2.09. The molecule has 0 aliphatic carbocycles. The zero-order valence-corrected chi connectivity index (χ0v) is 18.6. The van der Waals surface area contributed by atoms with Crippen LogP contribution in [0.5, 0.6) is 0 Å². The van der Waals surface area contributed by atoms with E-state index in [2.05, 4.69) is 5.32 Å². The summed E-state index contributed by atoms with van der Waals surface area (Å²) in [5.41, 5.74) is 6.09. The summed E-state index contributed by atoms with van der Waals surface area (Å²) in [7, 11) is 0. The third-order valence-corrected chi connectivity index (χ3v) is 6.80. The first-order chi connectivity index (χ1) is 16.2. The molecule has 1 amide bonds. The van der Waals surface area contributed by atoms with Gasteiger partial charge in [0.1, 0.15) is 10.5 Å². The van der Waals surface area contributed by atoms with Gasteiger partial charge in [0.25, 0.3) is 5.91 Å². The Kier molecular flexibility index (Phi) is 4.55. The largest absolute Gasteiger partial charge is 0.321 e. The molecule has 0 aliphatic rings. The van der Waals surface area contributed by atoms with Gasteiger partial charge in [-0.25, -0.2) is 9.97 Å². The molecule has 160 valence electrons. The lowest BCUT2D eigenvalue weighted by Crippen LogP contribution is -2.12. The number of para-hydroxylation sites is 1. The topological polar surface area (TPSA) is 63.7 Å². The highest BCUT2D eigenvalue weighted by atomic mass is 32.1. The lowest BCUT2D eigenvalue weighted by atomic mass is 10.1. The zero-order chi connectivity index (χ0) is 22.4. The van der Waals surface area contributed by atoms with Crippen LogP contribution in [-0.2, 0) is 0 Å². The van der Waals surface area contributed by atoms with Crippen molar-refractivity contribution in [2.24, 2.45) is 0 Å². The maximum atomic E-state index is 13.2. The average Bonchev–Trinajstić information content (AvgIpc) is 3.54. The predicted octanol–water partition coefficient (Wildman–Crippen LogP) is 5.94. The van der Waals surface area contributed by atoms with Crippen molar-refractivity contribution >= 4 is 33.5 Å². The van der Waals surface area contributed by atoms with Crippen LogP contribution >= 0.6 is 11.3 Å². The number of pyridine rings is 1. The van der Waals surface area contributed by atoms with E-state index in [-0.39, 0.29) is 5.91 Å². The molecule has 0 bridgehead atoms. The number of aryl methyl sites for hydroxylation is 1. The number of aromatic nitrogens is 4. The van der Waals surface area contributed by atoms with E-state index in [9.17, 15) is 4.79 Å². The molecule has 0 atom stereocenters. The Labute approximate surface area is 193 Å². The van der Waals surface area contributed by atoms with Gasteiger partial charge in [0.15, 0.2) is 4.96 Å². The van der Waals surface area contributed by atoms with Gasteiger partial charge >= 0.3 is 0 Å². The van der Waals surface area contributed by atoms with Gasteiger partial charge in [0.05, 0.1) is 17.1 Å². The quantitative estimate of drug-likeness (QED) is 0.362. The van der Waals surface area contributed by atoms with Crippen LogP contribution in [-0.4, -0.2) is 24.7 Å². The van der Waals surface area contributed by atoms with Crippen molar-refractivity contribution in [3.8, 4) is 22.5 Å². The monoisotopic (exact) mass is 449 g/mol. The SMILES string of the molecule is Cc1c(C(=O)Nc2ccccc2-c2cn3ccccc3n2)sc2nc(-c3ccccc3)cn12. The molecule has 0 saturated heterocycles. The lowest BCUT2D eigenvalue weighted by molar-refractivity contribution is 0.102. The number of hydrogen-bond acceptors (Lipinski definition) is 4. The second kappa shape index (κ2) is 7.72. The van der Waals surface area contributed by atoms with Crippen molar-refractivity contribution in [3.05, 3.63) is 102 Å². The van der Waals surface area contributed by atoms with Crippen LogP contribution in [0.15, 0.2) is 91.4 Å². The highest BCUT2D eigenvalue weighted by molar-refractivity contribution is 7.19. The molecular formula is C26H19N5OS. The van der Waals surface area contributed by atoms with Crippen LogP contribution in [0.25, 0.3) is 33.1 Å². The summed E-state index contributed by atoms with van der Waals surface area (Å²) in [6, 6.07) is 23.7. The molecule has 0 saturated carbocycles. The molecule has 6 rings (SSSR count). The number of hydrogen-bond donors (Lipinski definition) is 1. The number of fused-ring (bicyclic) bond motifs is 2. The molecule has 0 spiro atoms. The molecular weight excluding hydrogens is 430 g/mol. The van der Waals surface area contributed by atoms with E-state index < -0.39 is 0 Å². The summed E-state index contributed by atoms with van der Waals surface area (Å²) >= 11 is 1.39. The minimum Gasteiger partial charge on any atom is -0.321 e. The Morgan fingerprint density at radius 3 is 2.48 bits per heavy atom. The van der Waals surface area contributed by atoms with E-state index in [1.54, 1.807) is 0 Å². The van der Waals surface area contributed by atoms with Crippen molar-refractivity contribution in [1.82, 2.24) is 18.8 Å². The Morgan fingerprint density at radius 1 is 0.879 bits per heavy atom. The van der Waals surface area contributed by atoms with Gasteiger partial charge in [-0.2, -0.15) is 0 Å². The number of imidazole rings is 2. The smallest absolute Gasteiger partial charge is 0.267 e. The molecule has 4 heterocycles. The van der Waals surface area contributed by atoms with Gasteiger partial charge in [0, 0.05) is 35.4 Å². The highest BCUT2D eigenvalue weighted by Crippen LogP contribution is 2.31. The molecule has 0 fully saturated rings. The molecule has 4 aromatic heterocycles. The predicted molar refractivity (Wildman–Crippen MR) is 132 cm³/mol. The van der Waals surface area contributed by atoms with Gasteiger partial charge < -0.3 is 9.72 Å². The number of carbonyl (C=O) groups is 1. The van der Waals surface area contributed by atoms with Crippen LogP contribution < -0.4 is 5.32 Å². The van der Waals surface area contributed by atoms with Crippen molar-refractivity contribution in [3.63, 3.8) is 0 Å². The minimum absolute atomic E-state index is 0.152. The molecule has 33 heavy (non-hydrogen) atoms. The van der Waals surface area contributed by atoms with Crippen molar-refractivity contribution < 1.29 is 4.79 Å². The molecule has 6 aromatic rings. The average molecular weight is 450 g/mol. The van der Waals surface area contributed by atoms with Gasteiger partial charge in [-0.05, 0) is 25.1 Å². The number of benzene rings is 2. The number of nitrogens with one attached hydrogen (secondary N) is 1. The Hall–Kier alpha value is -4.23. The van der Waals surface area contributed by atoms with E-state index >= 15 is 0 Å². The second-order valence-corrected chi connectivity index (χ2v) is 8.73. The summed E-state index contributed by atoms with van der Waals surface area (Å²) in [6.07, 6.45) is 5.91. The number of nitrogens with zero attached hydrogens (tertiary/aromatic N) is 4. The standard InChI is InChI=1S/C26H19N5OS/c1-17-24(33-26-29-21(16-31(17)26)18-9-3-2-4-10-18)25(32)28-20-12-6-5-11-19(20)22-15-30-14-8-7-13-23(30)27-22/h2-16H,1H3,(H,28,32). The Bertz CT molecular complexity index is 1590. The summed E-state index contributed by atoms with van der Waals surface area (Å²) in [6.45, 7) is 1.95. The van der Waals surface area contributed by atoms with Crippen molar-refractivity contribution in [2.45, 2.75) is 6.92 Å². The normalized spacial score (nSPS) is 11.3. The van der Waals surface area contributed by atoms with E-state index in [1.165, 1.54) is 11.3 Å². The maximum absolute atomic E-state index is 13.2. The molecule has 0 unspecified atom stereocenters. The second-order valence-electron chi connectivity index (χ2n) is 7.75. The molecule has 6 nitrogen and oxygen atoms in total. The van der Waals surface area contributed by atoms with Gasteiger partial charge in [-0.3, -0.25) is 9.20 Å². The van der Waals surface area contributed by atoms with E-state index in [0.717, 1.165) is 44.5 Å². The first-order valence-corrected chi connectivity index (χ1v) is 11.4. The fourth-order valence-corrected chi connectivity index (χ4v) is 4.97. The van der Waals surface area contributed by atoms with E-state index in [0.29, 0.717) is 4.88 Å². The minimum atomic E-state index is -0.152. The van der Waals surface area contributed by atoms with Crippen LogP contribution in [0.3, 0.4) is 0 Å². The van der Waals surface area contributed by atoms with Crippen LogP contribution in [0, 0.1) is 6.92 Å². The third-order valence-electron chi connectivity index (χ3n) is 5.65. The number of rotatable bonds is 4. The molecule has 0 radical (unpaired) electrons. The Morgan fingerprint density at radius 2 is 1.67 bits per heavy atom. The summed E-state index contributed by atoms with van der Waals surface area (Å²) in [5.74, 6) is -0.152. The molecule has 2 aromatic carbocycles. The fourth-order valence-electron chi connectivity index (χ4n) is 3.97. The maximum Gasteiger partial charge on any atom is 0.267 e. The number of amides is 1. The highest BCUT2D eigenvalue weighted by Gasteiger charge is 2.20. The molecule has 7 heteroatoms.